The number of nitrogens with one attached hydrogen (secondary N) is 1. The average Bonchev–Trinajstić information content (AvgIpc) is 2.84. The third-order valence-electron chi connectivity index (χ3n) is 5.24. The molecule has 3 aromatic rings. The third kappa shape index (κ3) is 5.02. The molecule has 0 spiro atoms. The van der Waals surface area contributed by atoms with Crippen LogP contribution >= 0.6 is 0 Å². The van der Waals surface area contributed by atoms with E-state index in [1.807, 2.05) is 42.5 Å². The molecule has 1 aliphatic rings. The van der Waals surface area contributed by atoms with Gasteiger partial charge in [0, 0.05) is 25.2 Å². The van der Waals surface area contributed by atoms with Crippen LogP contribution in [-0.4, -0.2) is 44.9 Å². The molecular weight excluding hydrogens is 412 g/mol. The number of carbonyl (C=O) groups excluding carboxylic acids is 1. The summed E-state index contributed by atoms with van der Waals surface area (Å²) in [6.07, 6.45) is 0. The summed E-state index contributed by atoms with van der Waals surface area (Å²) in [7, 11) is -3.51. The monoisotopic (exact) mass is 436 g/mol. The fourth-order valence-electron chi connectivity index (χ4n) is 3.44. The van der Waals surface area contributed by atoms with Crippen molar-refractivity contribution >= 4 is 15.9 Å². The number of hydrogen-bond acceptors (Lipinski definition) is 4. The molecule has 3 aromatic carbocycles. The van der Waals surface area contributed by atoms with Crippen LogP contribution < -0.4 is 5.32 Å². The number of rotatable bonds is 6. The Balaban J connectivity index is 1.36. The predicted molar refractivity (Wildman–Crippen MR) is 119 cm³/mol. The zero-order valence-electron chi connectivity index (χ0n) is 17.0. The van der Waals surface area contributed by atoms with E-state index in [9.17, 15) is 13.2 Å². The van der Waals surface area contributed by atoms with Crippen LogP contribution in [0.4, 0.5) is 0 Å². The van der Waals surface area contributed by atoms with Gasteiger partial charge in [0.1, 0.15) is 0 Å². The SMILES string of the molecule is O=C(NCc1ccc(S(=O)(=O)N2CCOCC2)cc1)c1ccc(-c2ccccc2)cc1. The highest BCUT2D eigenvalue weighted by atomic mass is 32.2. The fraction of sp³-hybridized carbons (Fsp3) is 0.208. The lowest BCUT2D eigenvalue weighted by molar-refractivity contribution is 0.0730. The molecule has 0 unspecified atom stereocenters. The minimum atomic E-state index is -3.51. The van der Waals surface area contributed by atoms with E-state index in [-0.39, 0.29) is 10.8 Å². The molecule has 1 aliphatic heterocycles. The average molecular weight is 437 g/mol. The fourth-order valence-corrected chi connectivity index (χ4v) is 4.85. The molecule has 1 saturated heterocycles. The van der Waals surface area contributed by atoms with Gasteiger partial charge in [0.15, 0.2) is 0 Å². The number of morpholine rings is 1. The molecule has 0 aromatic heterocycles. The maximum absolute atomic E-state index is 12.7. The molecule has 1 amide bonds. The van der Waals surface area contributed by atoms with Crippen LogP contribution in [0.2, 0.25) is 0 Å². The molecule has 0 atom stereocenters. The third-order valence-corrected chi connectivity index (χ3v) is 7.15. The Morgan fingerprint density at radius 1 is 0.839 bits per heavy atom. The second-order valence-corrected chi connectivity index (χ2v) is 9.22. The van der Waals surface area contributed by atoms with Crippen molar-refractivity contribution in [1.82, 2.24) is 9.62 Å². The zero-order valence-corrected chi connectivity index (χ0v) is 17.8. The molecule has 0 radical (unpaired) electrons. The van der Waals surface area contributed by atoms with Crippen LogP contribution in [0.5, 0.6) is 0 Å². The van der Waals surface area contributed by atoms with Gasteiger partial charge in [-0.15, -0.1) is 0 Å². The van der Waals surface area contributed by atoms with E-state index in [2.05, 4.69) is 5.32 Å². The second kappa shape index (κ2) is 9.43. The Kier molecular flexibility index (Phi) is 6.46. The lowest BCUT2D eigenvalue weighted by Crippen LogP contribution is -2.40. The topological polar surface area (TPSA) is 75.7 Å². The van der Waals surface area contributed by atoms with Gasteiger partial charge in [0.25, 0.3) is 5.91 Å². The summed E-state index contributed by atoms with van der Waals surface area (Å²) in [6, 6.07) is 24.1. The Morgan fingerprint density at radius 3 is 2.10 bits per heavy atom. The van der Waals surface area contributed by atoms with Gasteiger partial charge in [-0.25, -0.2) is 8.42 Å². The molecule has 31 heavy (non-hydrogen) atoms. The van der Waals surface area contributed by atoms with Gasteiger partial charge >= 0.3 is 0 Å². The zero-order chi connectivity index (χ0) is 21.7. The van der Waals surface area contributed by atoms with Crippen LogP contribution in [-0.2, 0) is 21.3 Å². The highest BCUT2D eigenvalue weighted by Crippen LogP contribution is 2.20. The van der Waals surface area contributed by atoms with Crippen molar-refractivity contribution in [2.75, 3.05) is 26.3 Å². The summed E-state index contributed by atoms with van der Waals surface area (Å²) in [5.41, 5.74) is 3.55. The second-order valence-electron chi connectivity index (χ2n) is 7.29. The van der Waals surface area contributed by atoms with Crippen molar-refractivity contribution in [3.63, 3.8) is 0 Å². The smallest absolute Gasteiger partial charge is 0.251 e. The highest BCUT2D eigenvalue weighted by Gasteiger charge is 2.26. The summed E-state index contributed by atoms with van der Waals surface area (Å²) in [5, 5.41) is 2.88. The lowest BCUT2D eigenvalue weighted by atomic mass is 10.0. The maximum Gasteiger partial charge on any atom is 0.251 e. The maximum atomic E-state index is 12.7. The molecule has 0 bridgehead atoms. The standard InChI is InChI=1S/C24H24N2O4S/c27-24(22-10-8-21(9-11-22)20-4-2-1-3-5-20)25-18-19-6-12-23(13-7-19)31(28,29)26-14-16-30-17-15-26/h1-13H,14-18H2,(H,25,27). The lowest BCUT2D eigenvalue weighted by Gasteiger charge is -2.26. The van der Waals surface area contributed by atoms with Gasteiger partial charge in [-0.2, -0.15) is 4.31 Å². The molecule has 1 heterocycles. The first kappa shape index (κ1) is 21.2. The summed E-state index contributed by atoms with van der Waals surface area (Å²) in [5.74, 6) is -0.176. The van der Waals surface area contributed by atoms with Crippen molar-refractivity contribution in [3.8, 4) is 11.1 Å². The first-order valence-corrected chi connectivity index (χ1v) is 11.6. The number of ether oxygens (including phenoxy) is 1. The van der Waals surface area contributed by atoms with Crippen LogP contribution in [0, 0.1) is 0 Å². The summed E-state index contributed by atoms with van der Waals surface area (Å²) in [6.45, 7) is 1.87. The normalized spacial score (nSPS) is 14.8. The van der Waals surface area contributed by atoms with Crippen molar-refractivity contribution in [2.45, 2.75) is 11.4 Å². The van der Waals surface area contributed by atoms with Gasteiger partial charge in [-0.05, 0) is 41.0 Å². The Hall–Kier alpha value is -3.00. The molecule has 0 aliphatic carbocycles. The minimum absolute atomic E-state index is 0.176. The van der Waals surface area contributed by atoms with Gasteiger partial charge in [0.2, 0.25) is 10.0 Å². The number of hydrogen-bond donors (Lipinski definition) is 1. The molecule has 160 valence electrons. The number of nitrogens with zero attached hydrogens (tertiary/aromatic N) is 1. The van der Waals surface area contributed by atoms with E-state index in [1.165, 1.54) is 4.31 Å². The van der Waals surface area contributed by atoms with Crippen molar-refractivity contribution in [3.05, 3.63) is 90.0 Å². The molecule has 1 fully saturated rings. The number of carbonyl (C=O) groups is 1. The van der Waals surface area contributed by atoms with Gasteiger partial charge in [-0.1, -0.05) is 54.6 Å². The summed E-state index contributed by atoms with van der Waals surface area (Å²) in [4.78, 5) is 12.7. The highest BCUT2D eigenvalue weighted by molar-refractivity contribution is 7.89. The number of benzene rings is 3. The molecule has 1 N–H and O–H groups in total. The first-order chi connectivity index (χ1) is 15.0. The van der Waals surface area contributed by atoms with E-state index in [1.54, 1.807) is 36.4 Å². The molecule has 4 rings (SSSR count). The van der Waals surface area contributed by atoms with Gasteiger partial charge in [0.05, 0.1) is 18.1 Å². The Morgan fingerprint density at radius 2 is 1.45 bits per heavy atom. The van der Waals surface area contributed by atoms with Crippen LogP contribution in [0.25, 0.3) is 11.1 Å². The van der Waals surface area contributed by atoms with E-state index < -0.39 is 10.0 Å². The molecule has 0 saturated carbocycles. The Bertz CT molecular complexity index is 1120. The predicted octanol–water partition coefficient (Wildman–Crippen LogP) is 3.30. The van der Waals surface area contributed by atoms with Gasteiger partial charge < -0.3 is 10.1 Å². The van der Waals surface area contributed by atoms with Gasteiger partial charge in [-0.3, -0.25) is 4.79 Å². The molecule has 7 heteroatoms. The quantitative estimate of drug-likeness (QED) is 0.643. The molecular formula is C24H24N2O4S. The number of amides is 1. The van der Waals surface area contributed by atoms with Crippen LogP contribution in [0.15, 0.2) is 83.8 Å². The van der Waals surface area contributed by atoms with E-state index in [0.29, 0.717) is 38.4 Å². The number of sulfonamides is 1. The van der Waals surface area contributed by atoms with Crippen molar-refractivity contribution < 1.29 is 17.9 Å². The summed E-state index contributed by atoms with van der Waals surface area (Å²) >= 11 is 0. The van der Waals surface area contributed by atoms with Crippen molar-refractivity contribution in [2.24, 2.45) is 0 Å². The van der Waals surface area contributed by atoms with E-state index in [4.69, 9.17) is 4.74 Å². The first-order valence-electron chi connectivity index (χ1n) is 10.1. The Labute approximate surface area is 182 Å². The van der Waals surface area contributed by atoms with Crippen molar-refractivity contribution in [1.29, 1.82) is 0 Å². The van der Waals surface area contributed by atoms with E-state index in [0.717, 1.165) is 16.7 Å². The largest absolute Gasteiger partial charge is 0.379 e. The van der Waals surface area contributed by atoms with E-state index >= 15 is 0 Å². The van der Waals surface area contributed by atoms with Crippen LogP contribution in [0.3, 0.4) is 0 Å². The summed E-state index contributed by atoms with van der Waals surface area (Å²) < 4.78 is 32.0. The van der Waals surface area contributed by atoms with Crippen LogP contribution in [0.1, 0.15) is 15.9 Å². The minimum Gasteiger partial charge on any atom is -0.379 e. The molecule has 6 nitrogen and oxygen atoms in total.